The van der Waals surface area contributed by atoms with E-state index in [2.05, 4.69) is 10.6 Å². The largest absolute Gasteiger partial charge is 0.350 e. The number of imide groups is 1. The number of hydrogen-bond acceptors (Lipinski definition) is 6. The summed E-state index contributed by atoms with van der Waals surface area (Å²) < 4.78 is 0. The summed E-state index contributed by atoms with van der Waals surface area (Å²) in [5.41, 5.74) is 1.62. The molecule has 1 aromatic heterocycles. The highest BCUT2D eigenvalue weighted by Crippen LogP contribution is 2.33. The summed E-state index contributed by atoms with van der Waals surface area (Å²) >= 11 is 2.12. The Kier molecular flexibility index (Phi) is 6.24. The molecular formula is C22H21N3O4S2. The Morgan fingerprint density at radius 1 is 1.19 bits per heavy atom. The number of anilines is 1. The van der Waals surface area contributed by atoms with Crippen molar-refractivity contribution in [2.45, 2.75) is 19.8 Å². The summed E-state index contributed by atoms with van der Waals surface area (Å²) in [7, 11) is 0. The van der Waals surface area contributed by atoms with Gasteiger partial charge in [-0.1, -0.05) is 30.3 Å². The summed E-state index contributed by atoms with van der Waals surface area (Å²) in [4.78, 5) is 51.2. The molecule has 160 valence electrons. The first kappa shape index (κ1) is 21.3. The number of hydrogen-bond donors (Lipinski definition) is 2. The molecule has 2 aliphatic rings. The predicted octanol–water partition coefficient (Wildman–Crippen LogP) is 3.87. The van der Waals surface area contributed by atoms with Crippen LogP contribution in [0, 0.1) is 12.8 Å². The maximum Gasteiger partial charge on any atom is 0.293 e. The zero-order chi connectivity index (χ0) is 22.0. The van der Waals surface area contributed by atoms with Gasteiger partial charge in [0, 0.05) is 19.0 Å². The summed E-state index contributed by atoms with van der Waals surface area (Å²) in [5, 5.41) is 5.91. The highest BCUT2D eigenvalue weighted by atomic mass is 32.2. The number of amides is 4. The molecule has 2 aromatic rings. The van der Waals surface area contributed by atoms with Crippen molar-refractivity contribution in [3.8, 4) is 0 Å². The molecule has 2 heterocycles. The van der Waals surface area contributed by atoms with Gasteiger partial charge in [0.25, 0.3) is 17.1 Å². The zero-order valence-corrected chi connectivity index (χ0v) is 18.5. The lowest BCUT2D eigenvalue weighted by Crippen LogP contribution is -2.37. The van der Waals surface area contributed by atoms with E-state index in [0.717, 1.165) is 40.6 Å². The van der Waals surface area contributed by atoms with Crippen LogP contribution in [0.3, 0.4) is 0 Å². The Bertz CT molecular complexity index is 1070. The van der Waals surface area contributed by atoms with Gasteiger partial charge in [-0.15, -0.1) is 11.3 Å². The van der Waals surface area contributed by atoms with Crippen LogP contribution in [0.1, 0.15) is 33.6 Å². The molecule has 1 saturated heterocycles. The van der Waals surface area contributed by atoms with Crippen LogP contribution in [0.4, 0.5) is 9.80 Å². The second-order valence-electron chi connectivity index (χ2n) is 7.39. The van der Waals surface area contributed by atoms with Gasteiger partial charge in [-0.3, -0.25) is 24.1 Å². The van der Waals surface area contributed by atoms with Crippen molar-refractivity contribution >= 4 is 57.1 Å². The summed E-state index contributed by atoms with van der Waals surface area (Å²) in [6, 6.07) is 11.1. The topological polar surface area (TPSA) is 95.6 Å². The predicted molar refractivity (Wildman–Crippen MR) is 122 cm³/mol. The average molecular weight is 456 g/mol. The van der Waals surface area contributed by atoms with Gasteiger partial charge < -0.3 is 10.6 Å². The van der Waals surface area contributed by atoms with Crippen molar-refractivity contribution in [2.24, 2.45) is 5.92 Å². The number of thioether (sulfide) groups is 1. The minimum absolute atomic E-state index is 0.00359. The molecule has 0 bridgehead atoms. The van der Waals surface area contributed by atoms with Gasteiger partial charge in [0.1, 0.15) is 0 Å². The van der Waals surface area contributed by atoms with Gasteiger partial charge in [0.2, 0.25) is 5.91 Å². The molecule has 0 spiro atoms. The number of nitrogens with zero attached hydrogens (tertiary/aromatic N) is 1. The quantitative estimate of drug-likeness (QED) is 0.618. The lowest BCUT2D eigenvalue weighted by molar-refractivity contribution is -0.122. The minimum Gasteiger partial charge on any atom is -0.350 e. The van der Waals surface area contributed by atoms with E-state index >= 15 is 0 Å². The lowest BCUT2D eigenvalue weighted by atomic mass is 10.2. The van der Waals surface area contributed by atoms with Gasteiger partial charge >= 0.3 is 0 Å². The molecule has 4 amide bonds. The van der Waals surface area contributed by atoms with Crippen molar-refractivity contribution in [1.29, 1.82) is 0 Å². The van der Waals surface area contributed by atoms with E-state index in [9.17, 15) is 19.2 Å². The maximum atomic E-state index is 12.6. The number of rotatable bonds is 7. The number of thiophene rings is 1. The van der Waals surface area contributed by atoms with E-state index in [4.69, 9.17) is 0 Å². The molecule has 2 fully saturated rings. The van der Waals surface area contributed by atoms with E-state index in [1.807, 2.05) is 37.3 Å². The molecule has 2 N–H and O–H groups in total. The molecule has 7 nitrogen and oxygen atoms in total. The molecule has 0 radical (unpaired) electrons. The first-order valence-electron chi connectivity index (χ1n) is 9.92. The maximum absolute atomic E-state index is 12.6. The lowest BCUT2D eigenvalue weighted by Gasteiger charge is -2.12. The average Bonchev–Trinajstić information content (AvgIpc) is 3.49. The van der Waals surface area contributed by atoms with Gasteiger partial charge in [-0.2, -0.15) is 0 Å². The van der Waals surface area contributed by atoms with Crippen LogP contribution in [0.2, 0.25) is 0 Å². The Balaban J connectivity index is 1.32. The van der Waals surface area contributed by atoms with Crippen molar-refractivity contribution in [3.05, 3.63) is 57.3 Å². The highest BCUT2D eigenvalue weighted by Gasteiger charge is 2.34. The Labute approximate surface area is 187 Å². The van der Waals surface area contributed by atoms with E-state index in [-0.39, 0.29) is 42.0 Å². The molecule has 1 saturated carbocycles. The molecule has 1 aliphatic carbocycles. The summed E-state index contributed by atoms with van der Waals surface area (Å²) in [6.45, 7) is 2.05. The van der Waals surface area contributed by atoms with Crippen LogP contribution < -0.4 is 10.6 Å². The Morgan fingerprint density at radius 2 is 1.94 bits per heavy atom. The molecule has 0 atom stereocenters. The van der Waals surface area contributed by atoms with E-state index in [1.54, 1.807) is 12.1 Å². The Hall–Kier alpha value is -2.91. The standard InChI is InChI=1S/C22H21N3O4S2/c1-13-11-17(24-19(26)15-7-8-15)31-18(13)20(27)23-9-10-25-21(28)16(30-22(25)29)12-14-5-3-2-4-6-14/h2-6,11-12,15H,7-10H2,1H3,(H,23,27)(H,24,26)/b16-12-. The van der Waals surface area contributed by atoms with Crippen molar-refractivity contribution in [2.75, 3.05) is 18.4 Å². The van der Waals surface area contributed by atoms with Crippen LogP contribution >= 0.6 is 23.1 Å². The number of aryl methyl sites for hydroxylation is 1. The monoisotopic (exact) mass is 455 g/mol. The molecule has 9 heteroatoms. The van der Waals surface area contributed by atoms with Crippen LogP contribution in [0.5, 0.6) is 0 Å². The third kappa shape index (κ3) is 5.05. The summed E-state index contributed by atoms with van der Waals surface area (Å²) in [6.07, 6.45) is 3.52. The SMILES string of the molecule is Cc1cc(NC(=O)C2CC2)sc1C(=O)NCCN1C(=O)S/C(=C\c2ccccc2)C1=O. The smallest absolute Gasteiger partial charge is 0.293 e. The van der Waals surface area contributed by atoms with Crippen LogP contribution in [-0.4, -0.2) is 41.0 Å². The fourth-order valence-electron chi connectivity index (χ4n) is 3.09. The molecule has 1 aliphatic heterocycles. The van der Waals surface area contributed by atoms with Gasteiger partial charge in [-0.25, -0.2) is 0 Å². The van der Waals surface area contributed by atoms with E-state index in [0.29, 0.717) is 14.8 Å². The van der Waals surface area contributed by atoms with E-state index < -0.39 is 0 Å². The third-order valence-electron chi connectivity index (χ3n) is 4.91. The molecule has 0 unspecified atom stereocenters. The fraction of sp³-hybridized carbons (Fsp3) is 0.273. The molecule has 31 heavy (non-hydrogen) atoms. The minimum atomic E-state index is -0.356. The van der Waals surface area contributed by atoms with E-state index in [1.165, 1.54) is 11.3 Å². The van der Waals surface area contributed by atoms with Crippen molar-refractivity contribution in [1.82, 2.24) is 10.2 Å². The normalized spacial score (nSPS) is 17.3. The number of nitrogens with one attached hydrogen (secondary N) is 2. The number of carbonyl (C=O) groups is 4. The second-order valence-corrected chi connectivity index (χ2v) is 9.43. The molecule has 4 rings (SSSR count). The number of carbonyl (C=O) groups excluding carboxylic acids is 4. The van der Waals surface area contributed by atoms with Crippen molar-refractivity contribution in [3.63, 3.8) is 0 Å². The van der Waals surface area contributed by atoms with Crippen LogP contribution in [0.15, 0.2) is 41.3 Å². The first-order valence-corrected chi connectivity index (χ1v) is 11.6. The van der Waals surface area contributed by atoms with Gasteiger partial charge in [0.05, 0.1) is 14.8 Å². The van der Waals surface area contributed by atoms with Crippen LogP contribution in [-0.2, 0) is 9.59 Å². The first-order chi connectivity index (χ1) is 14.9. The van der Waals surface area contributed by atoms with Crippen molar-refractivity contribution < 1.29 is 19.2 Å². The summed E-state index contributed by atoms with van der Waals surface area (Å²) in [5.74, 6) is -0.559. The molecular weight excluding hydrogens is 434 g/mol. The van der Waals surface area contributed by atoms with Gasteiger partial charge in [-0.05, 0) is 54.8 Å². The fourth-order valence-corrected chi connectivity index (χ4v) is 4.95. The third-order valence-corrected chi connectivity index (χ3v) is 6.97. The number of benzene rings is 1. The van der Waals surface area contributed by atoms with Gasteiger partial charge in [0.15, 0.2) is 0 Å². The zero-order valence-electron chi connectivity index (χ0n) is 16.8. The Morgan fingerprint density at radius 3 is 2.65 bits per heavy atom. The highest BCUT2D eigenvalue weighted by molar-refractivity contribution is 8.18. The second kappa shape index (κ2) is 9.07. The molecule has 1 aromatic carbocycles. The van der Waals surface area contributed by atoms with Crippen LogP contribution in [0.25, 0.3) is 6.08 Å².